The lowest BCUT2D eigenvalue weighted by Gasteiger charge is -2.10. The number of hydrogen-bond acceptors (Lipinski definition) is 5. The third-order valence-electron chi connectivity index (χ3n) is 3.78. The highest BCUT2D eigenvalue weighted by molar-refractivity contribution is 5.56. The van der Waals surface area contributed by atoms with Crippen LogP contribution in [0.25, 0.3) is 5.82 Å². The first-order chi connectivity index (χ1) is 11.3. The van der Waals surface area contributed by atoms with Crippen molar-refractivity contribution < 1.29 is 0 Å². The van der Waals surface area contributed by atoms with E-state index in [9.17, 15) is 0 Å². The van der Waals surface area contributed by atoms with Crippen LogP contribution in [0.5, 0.6) is 0 Å². The number of aryl methyl sites for hydroxylation is 1. The first-order valence-electron chi connectivity index (χ1n) is 7.74. The minimum absolute atomic E-state index is 0.561. The summed E-state index contributed by atoms with van der Waals surface area (Å²) >= 11 is 0. The molecule has 6 heteroatoms. The SMILES string of the molecule is Cc1ccc(Nc2nccn2-c2cc(NC3CC3)ncn2)cc1. The average Bonchev–Trinajstić information content (AvgIpc) is 3.25. The van der Waals surface area contributed by atoms with Gasteiger partial charge < -0.3 is 10.6 Å². The maximum atomic E-state index is 4.38. The van der Waals surface area contributed by atoms with E-state index in [0.29, 0.717) is 6.04 Å². The summed E-state index contributed by atoms with van der Waals surface area (Å²) in [7, 11) is 0. The maximum absolute atomic E-state index is 4.38. The van der Waals surface area contributed by atoms with Crippen molar-refractivity contribution in [3.05, 3.63) is 54.6 Å². The molecule has 1 fully saturated rings. The third-order valence-corrected chi connectivity index (χ3v) is 3.78. The largest absolute Gasteiger partial charge is 0.367 e. The van der Waals surface area contributed by atoms with Gasteiger partial charge in [0.25, 0.3) is 0 Å². The molecule has 0 aliphatic heterocycles. The average molecular weight is 306 g/mol. The number of imidazole rings is 1. The molecule has 2 aromatic heterocycles. The topological polar surface area (TPSA) is 67.7 Å². The zero-order chi connectivity index (χ0) is 15.6. The fourth-order valence-electron chi connectivity index (χ4n) is 2.34. The Labute approximate surface area is 134 Å². The van der Waals surface area contributed by atoms with Crippen LogP contribution in [0, 0.1) is 6.92 Å². The fraction of sp³-hybridized carbons (Fsp3) is 0.235. The van der Waals surface area contributed by atoms with Gasteiger partial charge in [-0.05, 0) is 31.9 Å². The predicted octanol–water partition coefficient (Wildman–Crippen LogP) is 3.29. The van der Waals surface area contributed by atoms with Crippen molar-refractivity contribution in [2.24, 2.45) is 0 Å². The first kappa shape index (κ1) is 13.8. The van der Waals surface area contributed by atoms with Crippen molar-refractivity contribution >= 4 is 17.5 Å². The van der Waals surface area contributed by atoms with Crippen molar-refractivity contribution in [3.8, 4) is 5.82 Å². The molecule has 1 aliphatic carbocycles. The number of nitrogens with zero attached hydrogens (tertiary/aromatic N) is 4. The summed E-state index contributed by atoms with van der Waals surface area (Å²) in [6, 6.07) is 10.7. The molecule has 4 rings (SSSR count). The first-order valence-corrected chi connectivity index (χ1v) is 7.74. The molecule has 23 heavy (non-hydrogen) atoms. The van der Waals surface area contributed by atoms with Gasteiger partial charge in [-0.3, -0.25) is 4.57 Å². The molecular formula is C17H18N6. The van der Waals surface area contributed by atoms with Crippen LogP contribution in [0.3, 0.4) is 0 Å². The second-order valence-corrected chi connectivity index (χ2v) is 5.79. The molecule has 1 saturated carbocycles. The van der Waals surface area contributed by atoms with E-state index in [2.05, 4.69) is 44.6 Å². The number of rotatable bonds is 5. The van der Waals surface area contributed by atoms with E-state index in [0.717, 1.165) is 23.3 Å². The molecule has 2 heterocycles. The monoisotopic (exact) mass is 306 g/mol. The number of hydrogen-bond donors (Lipinski definition) is 2. The normalized spacial score (nSPS) is 13.8. The predicted molar refractivity (Wildman–Crippen MR) is 90.3 cm³/mol. The third kappa shape index (κ3) is 3.15. The highest BCUT2D eigenvalue weighted by Gasteiger charge is 2.21. The lowest BCUT2D eigenvalue weighted by Crippen LogP contribution is -2.07. The Balaban J connectivity index is 1.59. The molecule has 3 aromatic rings. The lowest BCUT2D eigenvalue weighted by molar-refractivity contribution is 0.971. The second-order valence-electron chi connectivity index (χ2n) is 5.79. The van der Waals surface area contributed by atoms with Gasteiger partial charge in [0.15, 0.2) is 0 Å². The van der Waals surface area contributed by atoms with E-state index in [4.69, 9.17) is 0 Å². The Morgan fingerprint density at radius 3 is 2.70 bits per heavy atom. The van der Waals surface area contributed by atoms with Gasteiger partial charge in [-0.2, -0.15) is 0 Å². The zero-order valence-electron chi connectivity index (χ0n) is 12.9. The highest BCUT2D eigenvalue weighted by atomic mass is 15.2. The standard InChI is InChI=1S/C17H18N6/c1-12-2-4-14(5-3-12)22-17-18-8-9-23(17)16-10-15(19-11-20-16)21-13-6-7-13/h2-5,8-11,13H,6-7H2,1H3,(H,18,22)(H,19,20,21). The lowest BCUT2D eigenvalue weighted by atomic mass is 10.2. The molecule has 0 spiro atoms. The Bertz CT molecular complexity index is 804. The van der Waals surface area contributed by atoms with Gasteiger partial charge in [0.1, 0.15) is 18.0 Å². The molecule has 0 atom stereocenters. The van der Waals surface area contributed by atoms with Crippen molar-refractivity contribution in [3.63, 3.8) is 0 Å². The van der Waals surface area contributed by atoms with Gasteiger partial charge in [0.05, 0.1) is 0 Å². The van der Waals surface area contributed by atoms with E-state index in [-0.39, 0.29) is 0 Å². The van der Waals surface area contributed by atoms with Gasteiger partial charge >= 0.3 is 0 Å². The minimum Gasteiger partial charge on any atom is -0.367 e. The quantitative estimate of drug-likeness (QED) is 0.757. The number of aromatic nitrogens is 4. The number of nitrogens with one attached hydrogen (secondary N) is 2. The van der Waals surface area contributed by atoms with Crippen LogP contribution in [0.4, 0.5) is 17.5 Å². The van der Waals surface area contributed by atoms with E-state index < -0.39 is 0 Å². The van der Waals surface area contributed by atoms with Crippen LogP contribution in [-0.2, 0) is 0 Å². The van der Waals surface area contributed by atoms with Crippen LogP contribution >= 0.6 is 0 Å². The molecule has 116 valence electrons. The molecule has 0 bridgehead atoms. The summed E-state index contributed by atoms with van der Waals surface area (Å²) < 4.78 is 1.92. The van der Waals surface area contributed by atoms with Crippen molar-refractivity contribution in [2.75, 3.05) is 10.6 Å². The van der Waals surface area contributed by atoms with Crippen LogP contribution < -0.4 is 10.6 Å². The second kappa shape index (κ2) is 5.72. The summed E-state index contributed by atoms with van der Waals surface area (Å²) in [4.78, 5) is 13.0. The maximum Gasteiger partial charge on any atom is 0.213 e. The Morgan fingerprint density at radius 1 is 1.09 bits per heavy atom. The Morgan fingerprint density at radius 2 is 1.91 bits per heavy atom. The van der Waals surface area contributed by atoms with Crippen LogP contribution in [0.15, 0.2) is 49.1 Å². The van der Waals surface area contributed by atoms with Gasteiger partial charge in [0, 0.05) is 30.2 Å². The smallest absolute Gasteiger partial charge is 0.213 e. The molecule has 0 saturated heterocycles. The Hall–Kier alpha value is -2.89. The highest BCUT2D eigenvalue weighted by Crippen LogP contribution is 2.25. The Kier molecular flexibility index (Phi) is 3.42. The summed E-state index contributed by atoms with van der Waals surface area (Å²) in [6.45, 7) is 2.07. The van der Waals surface area contributed by atoms with E-state index >= 15 is 0 Å². The van der Waals surface area contributed by atoms with E-state index in [1.54, 1.807) is 12.5 Å². The van der Waals surface area contributed by atoms with Crippen LogP contribution in [-0.4, -0.2) is 25.6 Å². The van der Waals surface area contributed by atoms with E-state index in [1.165, 1.54) is 18.4 Å². The van der Waals surface area contributed by atoms with Crippen LogP contribution in [0.2, 0.25) is 0 Å². The van der Waals surface area contributed by atoms with Crippen molar-refractivity contribution in [1.82, 2.24) is 19.5 Å². The summed E-state index contributed by atoms with van der Waals surface area (Å²) in [6.07, 6.45) is 7.65. The summed E-state index contributed by atoms with van der Waals surface area (Å²) in [5.74, 6) is 2.37. The van der Waals surface area contributed by atoms with Gasteiger partial charge in [-0.25, -0.2) is 15.0 Å². The molecular weight excluding hydrogens is 288 g/mol. The number of benzene rings is 1. The molecule has 2 N–H and O–H groups in total. The van der Waals surface area contributed by atoms with Gasteiger partial charge in [0.2, 0.25) is 5.95 Å². The fourth-order valence-corrected chi connectivity index (χ4v) is 2.34. The van der Waals surface area contributed by atoms with E-state index in [1.807, 2.05) is 29.0 Å². The molecule has 0 radical (unpaired) electrons. The van der Waals surface area contributed by atoms with Crippen molar-refractivity contribution in [1.29, 1.82) is 0 Å². The molecule has 6 nitrogen and oxygen atoms in total. The number of anilines is 3. The van der Waals surface area contributed by atoms with Gasteiger partial charge in [-0.1, -0.05) is 17.7 Å². The zero-order valence-corrected chi connectivity index (χ0v) is 12.9. The van der Waals surface area contributed by atoms with Crippen LogP contribution in [0.1, 0.15) is 18.4 Å². The summed E-state index contributed by atoms with van der Waals surface area (Å²) in [5.41, 5.74) is 2.22. The van der Waals surface area contributed by atoms with Gasteiger partial charge in [-0.15, -0.1) is 0 Å². The van der Waals surface area contributed by atoms with Crippen molar-refractivity contribution in [2.45, 2.75) is 25.8 Å². The summed E-state index contributed by atoms with van der Waals surface area (Å²) in [5, 5.41) is 6.71. The molecule has 1 aromatic carbocycles. The molecule has 0 amide bonds. The molecule has 1 aliphatic rings. The molecule has 0 unspecified atom stereocenters. The minimum atomic E-state index is 0.561.